The average Bonchev–Trinajstić information content (AvgIpc) is 2.80. The molecular weight excluding hydrogens is 168 g/mol. The van der Waals surface area contributed by atoms with Crippen molar-refractivity contribution >= 4 is 0 Å². The van der Waals surface area contributed by atoms with Crippen LogP contribution in [0.15, 0.2) is 0 Å². The molecule has 0 aromatic heterocycles. The van der Waals surface area contributed by atoms with Gasteiger partial charge in [0.2, 0.25) is 0 Å². The van der Waals surface area contributed by atoms with Gasteiger partial charge in [-0.15, -0.1) is 0 Å². The van der Waals surface area contributed by atoms with Crippen LogP contribution in [0.2, 0.25) is 0 Å². The molecule has 0 aromatic rings. The van der Waals surface area contributed by atoms with Gasteiger partial charge in [-0.05, 0) is 47.8 Å². The molecule has 0 aliphatic heterocycles. The highest BCUT2D eigenvalue weighted by molar-refractivity contribution is 5.12. The van der Waals surface area contributed by atoms with Crippen molar-refractivity contribution in [3.05, 3.63) is 0 Å². The van der Waals surface area contributed by atoms with E-state index in [0.717, 1.165) is 23.2 Å². The standard InChI is InChI=1S/C14H26/c1-6-12-11(10(2)3)9-14(12,5)13(4)7-8-13/h10-12H,6-9H2,1-5H3. The maximum absolute atomic E-state index is 2.56. The zero-order valence-corrected chi connectivity index (χ0v) is 10.6. The minimum atomic E-state index is 0.691. The second-order valence-corrected chi connectivity index (χ2v) is 6.60. The fourth-order valence-corrected chi connectivity index (χ4v) is 4.00. The average molecular weight is 194 g/mol. The summed E-state index contributed by atoms with van der Waals surface area (Å²) >= 11 is 0. The predicted molar refractivity (Wildman–Crippen MR) is 62.2 cm³/mol. The summed E-state index contributed by atoms with van der Waals surface area (Å²) in [6.07, 6.45) is 5.88. The fraction of sp³-hybridized carbons (Fsp3) is 1.00. The van der Waals surface area contributed by atoms with E-state index in [-0.39, 0.29) is 0 Å². The Labute approximate surface area is 89.5 Å². The van der Waals surface area contributed by atoms with Gasteiger partial charge in [-0.1, -0.05) is 41.0 Å². The number of hydrogen-bond acceptors (Lipinski definition) is 0. The first-order valence-electron chi connectivity index (χ1n) is 6.44. The molecule has 0 N–H and O–H groups in total. The summed E-state index contributed by atoms with van der Waals surface area (Å²) < 4.78 is 0. The minimum Gasteiger partial charge on any atom is -0.0651 e. The molecule has 14 heavy (non-hydrogen) atoms. The van der Waals surface area contributed by atoms with Gasteiger partial charge in [0.25, 0.3) is 0 Å². The van der Waals surface area contributed by atoms with E-state index < -0.39 is 0 Å². The van der Waals surface area contributed by atoms with Crippen LogP contribution in [0.25, 0.3) is 0 Å². The molecule has 3 unspecified atom stereocenters. The van der Waals surface area contributed by atoms with E-state index in [0.29, 0.717) is 5.41 Å². The zero-order valence-electron chi connectivity index (χ0n) is 10.6. The van der Waals surface area contributed by atoms with Gasteiger partial charge in [0.15, 0.2) is 0 Å². The summed E-state index contributed by atoms with van der Waals surface area (Å²) in [5.74, 6) is 2.92. The second-order valence-electron chi connectivity index (χ2n) is 6.60. The van der Waals surface area contributed by atoms with Crippen LogP contribution in [-0.2, 0) is 0 Å². The van der Waals surface area contributed by atoms with Crippen LogP contribution in [0.5, 0.6) is 0 Å². The molecule has 0 bridgehead atoms. The Hall–Kier alpha value is 0. The topological polar surface area (TPSA) is 0 Å². The van der Waals surface area contributed by atoms with Gasteiger partial charge in [-0.25, -0.2) is 0 Å². The van der Waals surface area contributed by atoms with E-state index in [1.54, 1.807) is 0 Å². The molecule has 2 aliphatic carbocycles. The third-order valence-corrected chi connectivity index (χ3v) is 5.67. The van der Waals surface area contributed by atoms with E-state index in [9.17, 15) is 0 Å². The predicted octanol–water partition coefficient (Wildman–Crippen LogP) is 4.49. The first-order chi connectivity index (χ1) is 6.44. The number of rotatable bonds is 3. The van der Waals surface area contributed by atoms with Crippen molar-refractivity contribution in [2.75, 3.05) is 0 Å². The Balaban J connectivity index is 2.10. The summed E-state index contributed by atoms with van der Waals surface area (Å²) in [4.78, 5) is 0. The summed E-state index contributed by atoms with van der Waals surface area (Å²) in [7, 11) is 0. The maximum Gasteiger partial charge on any atom is -0.0238 e. The van der Waals surface area contributed by atoms with Crippen LogP contribution in [0.1, 0.15) is 60.3 Å². The molecular formula is C14H26. The molecule has 0 saturated heterocycles. The van der Waals surface area contributed by atoms with E-state index in [1.807, 2.05) is 0 Å². The van der Waals surface area contributed by atoms with Crippen molar-refractivity contribution in [2.45, 2.75) is 60.3 Å². The SMILES string of the molecule is CCC1C(C(C)C)CC1(C)C1(C)CC1. The maximum atomic E-state index is 2.56. The lowest BCUT2D eigenvalue weighted by atomic mass is 9.46. The van der Waals surface area contributed by atoms with Gasteiger partial charge in [0.1, 0.15) is 0 Å². The highest BCUT2D eigenvalue weighted by atomic mass is 14.7. The molecule has 0 radical (unpaired) electrons. The smallest absolute Gasteiger partial charge is 0.0238 e. The summed E-state index contributed by atoms with van der Waals surface area (Å²) in [5.41, 5.74) is 1.41. The molecule has 2 aliphatic rings. The Bertz CT molecular complexity index is 224. The highest BCUT2D eigenvalue weighted by Crippen LogP contribution is 2.71. The molecule has 2 saturated carbocycles. The van der Waals surface area contributed by atoms with Crippen LogP contribution in [0, 0.1) is 28.6 Å². The lowest BCUT2D eigenvalue weighted by molar-refractivity contribution is -0.104. The molecule has 0 spiro atoms. The zero-order chi connectivity index (χ0) is 10.6. The Morgan fingerprint density at radius 3 is 2.14 bits per heavy atom. The molecule has 0 heteroatoms. The van der Waals surface area contributed by atoms with Gasteiger partial charge in [-0.2, -0.15) is 0 Å². The van der Waals surface area contributed by atoms with Gasteiger partial charge < -0.3 is 0 Å². The van der Waals surface area contributed by atoms with Crippen LogP contribution < -0.4 is 0 Å². The molecule has 2 rings (SSSR count). The Morgan fingerprint density at radius 2 is 1.79 bits per heavy atom. The monoisotopic (exact) mass is 194 g/mol. The van der Waals surface area contributed by atoms with Crippen molar-refractivity contribution in [3.63, 3.8) is 0 Å². The molecule has 2 fully saturated rings. The van der Waals surface area contributed by atoms with Crippen LogP contribution in [-0.4, -0.2) is 0 Å². The quantitative estimate of drug-likeness (QED) is 0.621. The fourth-order valence-electron chi connectivity index (χ4n) is 4.00. The second kappa shape index (κ2) is 3.00. The summed E-state index contributed by atoms with van der Waals surface area (Å²) in [5, 5.41) is 0. The van der Waals surface area contributed by atoms with Crippen molar-refractivity contribution in [2.24, 2.45) is 28.6 Å². The molecule has 0 amide bonds. The Morgan fingerprint density at radius 1 is 1.21 bits per heavy atom. The molecule has 0 aromatic carbocycles. The summed E-state index contributed by atoms with van der Waals surface area (Å²) in [6.45, 7) is 12.3. The van der Waals surface area contributed by atoms with Crippen molar-refractivity contribution in [1.82, 2.24) is 0 Å². The highest BCUT2D eigenvalue weighted by Gasteiger charge is 2.63. The van der Waals surface area contributed by atoms with Gasteiger partial charge >= 0.3 is 0 Å². The van der Waals surface area contributed by atoms with Crippen molar-refractivity contribution in [3.8, 4) is 0 Å². The number of hydrogen-bond donors (Lipinski definition) is 0. The van der Waals surface area contributed by atoms with E-state index in [2.05, 4.69) is 34.6 Å². The first-order valence-corrected chi connectivity index (χ1v) is 6.44. The van der Waals surface area contributed by atoms with Gasteiger partial charge in [0.05, 0.1) is 0 Å². The lowest BCUT2D eigenvalue weighted by Gasteiger charge is -2.59. The van der Waals surface area contributed by atoms with Crippen molar-refractivity contribution < 1.29 is 0 Å². The van der Waals surface area contributed by atoms with E-state index in [4.69, 9.17) is 0 Å². The Kier molecular flexibility index (Phi) is 2.25. The molecule has 82 valence electrons. The van der Waals surface area contributed by atoms with Crippen LogP contribution >= 0.6 is 0 Å². The van der Waals surface area contributed by atoms with Gasteiger partial charge in [-0.3, -0.25) is 0 Å². The molecule has 0 nitrogen and oxygen atoms in total. The largest absolute Gasteiger partial charge is 0.0651 e. The molecule has 3 atom stereocenters. The van der Waals surface area contributed by atoms with E-state index >= 15 is 0 Å². The third-order valence-electron chi connectivity index (χ3n) is 5.67. The first kappa shape index (κ1) is 10.5. The molecule has 0 heterocycles. The van der Waals surface area contributed by atoms with Gasteiger partial charge in [0, 0.05) is 0 Å². The lowest BCUT2D eigenvalue weighted by Crippen LogP contribution is -2.52. The van der Waals surface area contributed by atoms with E-state index in [1.165, 1.54) is 25.7 Å². The minimum absolute atomic E-state index is 0.691. The van der Waals surface area contributed by atoms with Crippen LogP contribution in [0.4, 0.5) is 0 Å². The third kappa shape index (κ3) is 1.19. The van der Waals surface area contributed by atoms with Crippen LogP contribution in [0.3, 0.4) is 0 Å². The van der Waals surface area contributed by atoms with Crippen molar-refractivity contribution in [1.29, 1.82) is 0 Å². The summed E-state index contributed by atoms with van der Waals surface area (Å²) in [6, 6.07) is 0. The normalized spacial score (nSPS) is 45.0.